The summed E-state index contributed by atoms with van der Waals surface area (Å²) >= 11 is 1.69. The van der Waals surface area contributed by atoms with Crippen molar-refractivity contribution in [3.8, 4) is 5.75 Å². The van der Waals surface area contributed by atoms with E-state index in [0.717, 1.165) is 12.8 Å². The fourth-order valence-corrected chi connectivity index (χ4v) is 4.73. The molecule has 6 nitrogen and oxygen atoms in total. The molecule has 0 saturated carbocycles. The Hall–Kier alpha value is -1.25. The van der Waals surface area contributed by atoms with Crippen molar-refractivity contribution >= 4 is 27.7 Å². The van der Waals surface area contributed by atoms with E-state index in [9.17, 15) is 13.2 Å². The number of nitrogens with zero attached hydrogens (tertiary/aromatic N) is 1. The van der Waals surface area contributed by atoms with Gasteiger partial charge in [-0.3, -0.25) is 4.79 Å². The average molecular weight is 401 g/mol. The number of sulfonamides is 1. The topological polar surface area (TPSA) is 75.7 Å². The Balaban J connectivity index is 2.15. The maximum atomic E-state index is 12.7. The van der Waals surface area contributed by atoms with Crippen LogP contribution < -0.4 is 9.46 Å². The lowest BCUT2D eigenvalue weighted by Gasteiger charge is -2.19. The van der Waals surface area contributed by atoms with Crippen molar-refractivity contribution in [2.75, 3.05) is 32.5 Å². The molecule has 1 aliphatic rings. The van der Waals surface area contributed by atoms with E-state index >= 15 is 0 Å². The molecule has 1 aromatic rings. The zero-order valence-corrected chi connectivity index (χ0v) is 17.5. The summed E-state index contributed by atoms with van der Waals surface area (Å²) in [5.41, 5.74) is 0.293. The Morgan fingerprint density at radius 2 is 1.92 bits per heavy atom. The number of thioether (sulfide) groups is 1. The number of carbonyl (C=O) groups is 1. The van der Waals surface area contributed by atoms with Crippen LogP contribution >= 0.6 is 11.8 Å². The van der Waals surface area contributed by atoms with Gasteiger partial charge in [-0.25, -0.2) is 13.1 Å². The van der Waals surface area contributed by atoms with Crippen LogP contribution in [0.1, 0.15) is 44.0 Å². The molecule has 146 valence electrons. The number of benzene rings is 1. The first-order valence-electron chi connectivity index (χ1n) is 8.75. The van der Waals surface area contributed by atoms with E-state index in [2.05, 4.69) is 25.5 Å². The smallest absolute Gasteiger partial charge is 0.257 e. The molecule has 1 aromatic carbocycles. The predicted octanol–water partition coefficient (Wildman–Crippen LogP) is 2.74. The quantitative estimate of drug-likeness (QED) is 0.712. The third-order valence-corrected chi connectivity index (χ3v) is 6.77. The number of amides is 1. The Bertz CT molecular complexity index is 736. The summed E-state index contributed by atoms with van der Waals surface area (Å²) in [6.45, 7) is 8.00. The third-order valence-electron chi connectivity index (χ3n) is 4.03. The van der Waals surface area contributed by atoms with Crippen molar-refractivity contribution in [1.29, 1.82) is 0 Å². The second-order valence-corrected chi connectivity index (χ2v) is 10.9. The lowest BCUT2D eigenvalue weighted by atomic mass is 10.1. The molecule has 1 aliphatic heterocycles. The maximum Gasteiger partial charge on any atom is 0.257 e. The summed E-state index contributed by atoms with van der Waals surface area (Å²) in [4.78, 5) is 14.5. The minimum Gasteiger partial charge on any atom is -0.496 e. The first kappa shape index (κ1) is 21.1. The molecule has 8 heteroatoms. The van der Waals surface area contributed by atoms with Gasteiger partial charge in [-0.15, -0.1) is 0 Å². The van der Waals surface area contributed by atoms with Crippen LogP contribution in [0.4, 0.5) is 0 Å². The molecule has 1 heterocycles. The molecule has 1 saturated heterocycles. The van der Waals surface area contributed by atoms with Crippen molar-refractivity contribution in [3.05, 3.63) is 23.8 Å². The van der Waals surface area contributed by atoms with E-state index in [4.69, 9.17) is 4.74 Å². The molecule has 1 fully saturated rings. The Morgan fingerprint density at radius 3 is 2.50 bits per heavy atom. The number of rotatable bonds is 7. The average Bonchev–Trinajstić information content (AvgIpc) is 3.11. The highest BCUT2D eigenvalue weighted by molar-refractivity contribution is 8.00. The van der Waals surface area contributed by atoms with Crippen molar-refractivity contribution in [1.82, 2.24) is 9.62 Å². The van der Waals surface area contributed by atoms with Crippen LogP contribution in [-0.2, 0) is 10.0 Å². The van der Waals surface area contributed by atoms with Crippen molar-refractivity contribution in [2.45, 2.75) is 43.3 Å². The second kappa shape index (κ2) is 8.63. The number of ether oxygens (including phenoxy) is 1. The molecule has 0 spiro atoms. The van der Waals surface area contributed by atoms with E-state index in [-0.39, 0.29) is 15.5 Å². The van der Waals surface area contributed by atoms with Crippen LogP contribution in [0.2, 0.25) is 0 Å². The van der Waals surface area contributed by atoms with Gasteiger partial charge >= 0.3 is 0 Å². The highest BCUT2D eigenvalue weighted by Gasteiger charge is 2.25. The number of nitrogens with one attached hydrogen (secondary N) is 1. The van der Waals surface area contributed by atoms with Crippen molar-refractivity contribution < 1.29 is 17.9 Å². The highest BCUT2D eigenvalue weighted by Crippen LogP contribution is 2.26. The molecule has 0 bridgehead atoms. The zero-order valence-electron chi connectivity index (χ0n) is 15.9. The van der Waals surface area contributed by atoms with E-state index < -0.39 is 10.0 Å². The first-order chi connectivity index (χ1) is 12.1. The van der Waals surface area contributed by atoms with Gasteiger partial charge in [0.1, 0.15) is 5.75 Å². The Morgan fingerprint density at radius 1 is 1.27 bits per heavy atom. The van der Waals surface area contributed by atoms with Gasteiger partial charge in [-0.2, -0.15) is 11.8 Å². The normalized spacial score (nSPS) is 15.3. The fourth-order valence-electron chi connectivity index (χ4n) is 2.73. The molecule has 0 aromatic heterocycles. The largest absolute Gasteiger partial charge is 0.496 e. The van der Waals surface area contributed by atoms with Gasteiger partial charge in [-0.05, 0) is 31.0 Å². The zero-order chi connectivity index (χ0) is 19.4. The molecule has 0 unspecified atom stereocenters. The molecule has 1 amide bonds. The summed E-state index contributed by atoms with van der Waals surface area (Å²) in [5, 5.41) is 0. The highest BCUT2D eigenvalue weighted by atomic mass is 32.2. The molecule has 0 atom stereocenters. The monoisotopic (exact) mass is 400 g/mol. The van der Waals surface area contributed by atoms with E-state index in [0.29, 0.717) is 36.7 Å². The van der Waals surface area contributed by atoms with Gasteiger partial charge in [0, 0.05) is 30.1 Å². The number of hydrogen-bond acceptors (Lipinski definition) is 5. The number of likely N-dealkylation sites (tertiary alicyclic amines) is 1. The number of carbonyl (C=O) groups excluding carboxylic acids is 1. The van der Waals surface area contributed by atoms with Crippen molar-refractivity contribution in [3.63, 3.8) is 0 Å². The van der Waals surface area contributed by atoms with Crippen LogP contribution in [0.25, 0.3) is 0 Å². The number of hydrogen-bond donors (Lipinski definition) is 1. The lowest BCUT2D eigenvalue weighted by Crippen LogP contribution is -2.29. The minimum absolute atomic E-state index is 0.0842. The van der Waals surface area contributed by atoms with Crippen LogP contribution in [0.3, 0.4) is 0 Å². The molecule has 2 rings (SSSR count). The van der Waals surface area contributed by atoms with Crippen molar-refractivity contribution in [2.24, 2.45) is 0 Å². The van der Waals surface area contributed by atoms with E-state index in [1.807, 2.05) is 0 Å². The van der Waals surface area contributed by atoms with Gasteiger partial charge in [0.25, 0.3) is 5.91 Å². The van der Waals surface area contributed by atoms with Crippen LogP contribution in [0.5, 0.6) is 5.75 Å². The lowest BCUT2D eigenvalue weighted by molar-refractivity contribution is 0.0789. The first-order valence-corrected chi connectivity index (χ1v) is 11.2. The van der Waals surface area contributed by atoms with E-state index in [1.54, 1.807) is 22.7 Å². The summed E-state index contributed by atoms with van der Waals surface area (Å²) < 4.78 is 33.1. The molecular weight excluding hydrogens is 372 g/mol. The Kier molecular flexibility index (Phi) is 6.99. The molecule has 0 aliphatic carbocycles. The standard InChI is InChI=1S/C18H28N2O4S2/c1-18(2,3)25-12-9-19-26(22,23)14-7-8-16(24-4)15(13-14)17(21)20-10-5-6-11-20/h7-8,13,19H,5-6,9-12H2,1-4H3. The van der Waals surface area contributed by atoms with E-state index in [1.165, 1.54) is 19.2 Å². The molecule has 1 N–H and O–H groups in total. The van der Waals surface area contributed by atoms with Gasteiger partial charge in [-0.1, -0.05) is 20.8 Å². The summed E-state index contributed by atoms with van der Waals surface area (Å²) in [6.07, 6.45) is 1.94. The van der Waals surface area contributed by atoms with Gasteiger partial charge in [0.05, 0.1) is 17.6 Å². The summed E-state index contributed by atoms with van der Waals surface area (Å²) in [7, 11) is -2.19. The summed E-state index contributed by atoms with van der Waals surface area (Å²) in [5.74, 6) is 0.891. The van der Waals surface area contributed by atoms with Crippen LogP contribution in [0, 0.1) is 0 Å². The third kappa shape index (κ3) is 5.62. The molecule has 0 radical (unpaired) electrons. The van der Waals surface area contributed by atoms with Gasteiger partial charge in [0.15, 0.2) is 0 Å². The van der Waals surface area contributed by atoms with Crippen LogP contribution in [0.15, 0.2) is 23.1 Å². The second-order valence-electron chi connectivity index (χ2n) is 7.22. The van der Waals surface area contributed by atoms with Crippen LogP contribution in [-0.4, -0.2) is 56.5 Å². The Labute approximate surface area is 160 Å². The molecule has 26 heavy (non-hydrogen) atoms. The maximum absolute atomic E-state index is 12.7. The van der Waals surface area contributed by atoms with Gasteiger partial charge in [0.2, 0.25) is 10.0 Å². The minimum atomic E-state index is -3.67. The SMILES string of the molecule is COc1ccc(S(=O)(=O)NCCSC(C)(C)C)cc1C(=O)N1CCCC1. The molecular formula is C18H28N2O4S2. The predicted molar refractivity (Wildman–Crippen MR) is 106 cm³/mol. The summed E-state index contributed by atoms with van der Waals surface area (Å²) in [6, 6.07) is 4.43. The fraction of sp³-hybridized carbons (Fsp3) is 0.611. The van der Waals surface area contributed by atoms with Gasteiger partial charge < -0.3 is 9.64 Å². The number of methoxy groups -OCH3 is 1.